The number of halogens is 2. The van der Waals surface area contributed by atoms with E-state index in [0.717, 1.165) is 17.9 Å². The van der Waals surface area contributed by atoms with Gasteiger partial charge in [0, 0.05) is 18.2 Å². The van der Waals surface area contributed by atoms with Crippen molar-refractivity contribution in [2.45, 2.75) is 19.4 Å². The molecule has 1 atom stereocenters. The van der Waals surface area contributed by atoms with Crippen LogP contribution in [0.3, 0.4) is 0 Å². The van der Waals surface area contributed by atoms with E-state index in [0.29, 0.717) is 4.47 Å². The lowest BCUT2D eigenvalue weighted by Crippen LogP contribution is -2.17. The second-order valence-electron chi connectivity index (χ2n) is 3.96. The van der Waals surface area contributed by atoms with Gasteiger partial charge < -0.3 is 9.73 Å². The van der Waals surface area contributed by atoms with Gasteiger partial charge in [-0.05, 0) is 53.2 Å². The Morgan fingerprint density at radius 1 is 1.41 bits per heavy atom. The maximum atomic E-state index is 13.1. The van der Waals surface area contributed by atoms with E-state index in [-0.39, 0.29) is 11.9 Å². The Morgan fingerprint density at radius 2 is 2.24 bits per heavy atom. The monoisotopic (exact) mass is 297 g/mol. The molecule has 1 aromatic carbocycles. The van der Waals surface area contributed by atoms with Crippen molar-refractivity contribution in [1.29, 1.82) is 0 Å². The Labute approximate surface area is 108 Å². The maximum absolute atomic E-state index is 13.1. The van der Waals surface area contributed by atoms with E-state index in [1.807, 2.05) is 12.1 Å². The molecule has 2 aromatic rings. The van der Waals surface area contributed by atoms with Gasteiger partial charge in [0.15, 0.2) is 0 Å². The summed E-state index contributed by atoms with van der Waals surface area (Å²) >= 11 is 3.16. The Balaban J connectivity index is 1.98. The molecule has 1 aromatic heterocycles. The lowest BCUT2D eigenvalue weighted by Gasteiger charge is -2.14. The topological polar surface area (TPSA) is 25.2 Å². The molecule has 0 spiro atoms. The molecule has 2 rings (SSSR count). The molecule has 1 unspecified atom stereocenters. The Morgan fingerprint density at radius 3 is 2.88 bits per heavy atom. The predicted molar refractivity (Wildman–Crippen MR) is 69.6 cm³/mol. The molecule has 0 aliphatic rings. The molecule has 90 valence electrons. The zero-order valence-electron chi connectivity index (χ0n) is 9.41. The lowest BCUT2D eigenvalue weighted by atomic mass is 10.2. The predicted octanol–water partition coefficient (Wildman–Crippen LogP) is 4.22. The fourth-order valence-corrected chi connectivity index (χ4v) is 2.03. The first-order valence-corrected chi connectivity index (χ1v) is 6.18. The van der Waals surface area contributed by atoms with Gasteiger partial charge in [-0.2, -0.15) is 0 Å². The van der Waals surface area contributed by atoms with E-state index < -0.39 is 0 Å². The highest BCUT2D eigenvalue weighted by Crippen LogP contribution is 2.21. The number of benzene rings is 1. The SMILES string of the molecule is CC(Cc1ccco1)Nc1ccc(F)c(Br)c1. The molecule has 1 N–H and O–H groups in total. The second-order valence-corrected chi connectivity index (χ2v) is 4.81. The summed E-state index contributed by atoms with van der Waals surface area (Å²) in [7, 11) is 0. The van der Waals surface area contributed by atoms with E-state index in [2.05, 4.69) is 28.2 Å². The minimum absolute atomic E-state index is 0.221. The molecule has 17 heavy (non-hydrogen) atoms. The van der Waals surface area contributed by atoms with Crippen LogP contribution in [0.2, 0.25) is 0 Å². The summed E-state index contributed by atoms with van der Waals surface area (Å²) in [6.45, 7) is 2.06. The van der Waals surface area contributed by atoms with Crippen LogP contribution in [0.5, 0.6) is 0 Å². The molecule has 1 heterocycles. The molecule has 0 amide bonds. The number of rotatable bonds is 4. The zero-order valence-corrected chi connectivity index (χ0v) is 11.0. The van der Waals surface area contributed by atoms with Crippen molar-refractivity contribution < 1.29 is 8.81 Å². The Hall–Kier alpha value is -1.29. The van der Waals surface area contributed by atoms with Crippen LogP contribution in [0.15, 0.2) is 45.5 Å². The van der Waals surface area contributed by atoms with Crippen LogP contribution in [-0.2, 0) is 6.42 Å². The van der Waals surface area contributed by atoms with E-state index >= 15 is 0 Å². The molecule has 0 aliphatic carbocycles. The normalized spacial score (nSPS) is 12.4. The summed E-state index contributed by atoms with van der Waals surface area (Å²) in [5.74, 6) is 0.681. The standard InChI is InChI=1S/C13H13BrFNO/c1-9(7-11-3-2-6-17-11)16-10-4-5-13(15)12(14)8-10/h2-6,8-9,16H,7H2,1H3. The van der Waals surface area contributed by atoms with Gasteiger partial charge in [0.1, 0.15) is 11.6 Å². The molecular formula is C13H13BrFNO. The summed E-state index contributed by atoms with van der Waals surface area (Å²) in [5.41, 5.74) is 0.886. The average Bonchev–Trinajstić information content (AvgIpc) is 2.76. The average molecular weight is 298 g/mol. The van der Waals surface area contributed by atoms with Gasteiger partial charge in [0.2, 0.25) is 0 Å². The first-order valence-electron chi connectivity index (χ1n) is 5.39. The van der Waals surface area contributed by atoms with Crippen LogP contribution < -0.4 is 5.32 Å². The molecule has 4 heteroatoms. The van der Waals surface area contributed by atoms with Crippen molar-refractivity contribution >= 4 is 21.6 Å². The van der Waals surface area contributed by atoms with Crippen LogP contribution in [0.4, 0.5) is 10.1 Å². The summed E-state index contributed by atoms with van der Waals surface area (Å²) in [6, 6.07) is 8.92. The molecule has 0 aliphatic heterocycles. The van der Waals surface area contributed by atoms with Crippen molar-refractivity contribution in [1.82, 2.24) is 0 Å². The number of hydrogen-bond donors (Lipinski definition) is 1. The molecule has 0 saturated heterocycles. The van der Waals surface area contributed by atoms with Crippen molar-refractivity contribution in [2.75, 3.05) is 5.32 Å². The fourth-order valence-electron chi connectivity index (χ4n) is 1.65. The molecular weight excluding hydrogens is 285 g/mol. The van der Waals surface area contributed by atoms with E-state index in [4.69, 9.17) is 4.42 Å². The maximum Gasteiger partial charge on any atom is 0.137 e. The first-order chi connectivity index (χ1) is 8.15. The molecule has 0 radical (unpaired) electrons. The quantitative estimate of drug-likeness (QED) is 0.914. The summed E-state index contributed by atoms with van der Waals surface area (Å²) in [5, 5.41) is 3.29. The molecule has 0 saturated carbocycles. The number of hydrogen-bond acceptors (Lipinski definition) is 2. The second kappa shape index (κ2) is 5.36. The third-order valence-electron chi connectivity index (χ3n) is 2.42. The summed E-state index contributed by atoms with van der Waals surface area (Å²) < 4.78 is 18.8. The number of furan rings is 1. The van der Waals surface area contributed by atoms with Gasteiger partial charge in [-0.1, -0.05) is 0 Å². The minimum atomic E-state index is -0.255. The van der Waals surface area contributed by atoms with Crippen molar-refractivity contribution in [3.05, 3.63) is 52.6 Å². The van der Waals surface area contributed by atoms with E-state index in [1.165, 1.54) is 6.07 Å². The molecule has 0 bridgehead atoms. The lowest BCUT2D eigenvalue weighted by molar-refractivity contribution is 0.498. The van der Waals surface area contributed by atoms with Crippen LogP contribution in [0, 0.1) is 5.82 Å². The van der Waals surface area contributed by atoms with Crippen LogP contribution >= 0.6 is 15.9 Å². The highest BCUT2D eigenvalue weighted by Gasteiger charge is 2.07. The third-order valence-corrected chi connectivity index (χ3v) is 3.03. The van der Waals surface area contributed by atoms with Gasteiger partial charge in [-0.15, -0.1) is 0 Å². The highest BCUT2D eigenvalue weighted by atomic mass is 79.9. The highest BCUT2D eigenvalue weighted by molar-refractivity contribution is 9.10. The largest absolute Gasteiger partial charge is 0.469 e. The van der Waals surface area contributed by atoms with Crippen molar-refractivity contribution in [2.24, 2.45) is 0 Å². The van der Waals surface area contributed by atoms with Crippen molar-refractivity contribution in [3.63, 3.8) is 0 Å². The summed E-state index contributed by atoms with van der Waals surface area (Å²) in [6.07, 6.45) is 2.46. The van der Waals surface area contributed by atoms with Gasteiger partial charge in [-0.3, -0.25) is 0 Å². The van der Waals surface area contributed by atoms with Crippen LogP contribution in [0.1, 0.15) is 12.7 Å². The number of nitrogens with one attached hydrogen (secondary N) is 1. The summed E-state index contributed by atoms with van der Waals surface area (Å²) in [4.78, 5) is 0. The van der Waals surface area contributed by atoms with Gasteiger partial charge in [0.05, 0.1) is 10.7 Å². The molecule has 0 fully saturated rings. The third kappa shape index (κ3) is 3.33. The zero-order chi connectivity index (χ0) is 12.3. The smallest absolute Gasteiger partial charge is 0.137 e. The Bertz CT molecular complexity index is 484. The fraction of sp³-hybridized carbons (Fsp3) is 0.231. The molecule has 2 nitrogen and oxygen atoms in total. The van der Waals surface area contributed by atoms with Gasteiger partial charge >= 0.3 is 0 Å². The number of anilines is 1. The van der Waals surface area contributed by atoms with Gasteiger partial charge in [-0.25, -0.2) is 4.39 Å². The minimum Gasteiger partial charge on any atom is -0.469 e. The van der Waals surface area contributed by atoms with E-state index in [9.17, 15) is 4.39 Å². The van der Waals surface area contributed by atoms with Crippen LogP contribution in [0.25, 0.3) is 0 Å². The van der Waals surface area contributed by atoms with Gasteiger partial charge in [0.25, 0.3) is 0 Å². The Kier molecular flexibility index (Phi) is 3.84. The first kappa shape index (κ1) is 12.2. The van der Waals surface area contributed by atoms with E-state index in [1.54, 1.807) is 18.4 Å². The van der Waals surface area contributed by atoms with Crippen molar-refractivity contribution in [3.8, 4) is 0 Å². The van der Waals surface area contributed by atoms with Crippen LogP contribution in [-0.4, -0.2) is 6.04 Å².